The molecule has 0 spiro atoms. The van der Waals surface area contributed by atoms with Gasteiger partial charge in [0.15, 0.2) is 5.16 Å². The van der Waals surface area contributed by atoms with Crippen molar-refractivity contribution in [2.24, 2.45) is 7.05 Å². The van der Waals surface area contributed by atoms with E-state index in [2.05, 4.69) is 39.7 Å². The zero-order valence-electron chi connectivity index (χ0n) is 14.6. The lowest BCUT2D eigenvalue weighted by Gasteiger charge is -2.10. The third-order valence-electron chi connectivity index (χ3n) is 4.29. The minimum atomic E-state index is -0.0202. The molecule has 4 aromatic rings. The largest absolute Gasteiger partial charge is 0.299 e. The Morgan fingerprint density at radius 3 is 2.81 bits per heavy atom. The Kier molecular flexibility index (Phi) is 4.34. The summed E-state index contributed by atoms with van der Waals surface area (Å²) in [6.07, 6.45) is 3.74. The van der Waals surface area contributed by atoms with Crippen molar-refractivity contribution in [2.75, 3.05) is 0 Å². The van der Waals surface area contributed by atoms with Gasteiger partial charge in [-0.25, -0.2) is 9.97 Å². The lowest BCUT2D eigenvalue weighted by molar-refractivity contribution is 0.783. The molecule has 0 fully saturated rings. The van der Waals surface area contributed by atoms with Crippen molar-refractivity contribution in [1.29, 1.82) is 0 Å². The number of imidazole rings is 1. The number of benzene rings is 2. The van der Waals surface area contributed by atoms with Crippen molar-refractivity contribution in [1.82, 2.24) is 19.1 Å². The summed E-state index contributed by atoms with van der Waals surface area (Å²) in [6.45, 7) is 2.07. The Morgan fingerprint density at radius 1 is 1.12 bits per heavy atom. The fraction of sp³-hybridized carbons (Fsp3) is 0.150. The molecule has 0 radical (unpaired) electrons. The Balaban J connectivity index is 1.65. The van der Waals surface area contributed by atoms with Crippen molar-refractivity contribution in [2.45, 2.75) is 17.8 Å². The maximum Gasteiger partial charge on any atom is 0.261 e. The molecule has 2 aromatic heterocycles. The van der Waals surface area contributed by atoms with Crippen molar-refractivity contribution >= 4 is 22.7 Å². The first kappa shape index (κ1) is 16.6. The van der Waals surface area contributed by atoms with Gasteiger partial charge in [-0.15, -0.1) is 0 Å². The normalized spacial score (nSPS) is 11.2. The fourth-order valence-electron chi connectivity index (χ4n) is 2.89. The molecule has 0 unspecified atom stereocenters. The van der Waals surface area contributed by atoms with Crippen LogP contribution in [0.4, 0.5) is 0 Å². The number of aromatic nitrogens is 4. The van der Waals surface area contributed by atoms with E-state index in [1.54, 1.807) is 29.6 Å². The zero-order chi connectivity index (χ0) is 18.1. The summed E-state index contributed by atoms with van der Waals surface area (Å²) in [5.74, 6) is 1.30. The van der Waals surface area contributed by atoms with Crippen LogP contribution in [0.5, 0.6) is 0 Å². The highest BCUT2D eigenvalue weighted by Crippen LogP contribution is 2.24. The number of hydrogen-bond acceptors (Lipinski definition) is 4. The first-order valence-electron chi connectivity index (χ1n) is 8.31. The average Bonchev–Trinajstić information content (AvgIpc) is 3.12. The lowest BCUT2D eigenvalue weighted by Crippen LogP contribution is -2.21. The van der Waals surface area contributed by atoms with Gasteiger partial charge in [-0.3, -0.25) is 13.9 Å². The number of para-hydroxylation sites is 1. The monoisotopic (exact) mass is 362 g/mol. The number of thioether (sulfide) groups is 1. The molecule has 0 saturated carbocycles. The highest BCUT2D eigenvalue weighted by molar-refractivity contribution is 7.98. The minimum Gasteiger partial charge on any atom is -0.299 e. The average molecular weight is 362 g/mol. The third kappa shape index (κ3) is 3.04. The van der Waals surface area contributed by atoms with Crippen molar-refractivity contribution in [3.8, 4) is 5.69 Å². The molecule has 0 aliphatic rings. The van der Waals surface area contributed by atoms with Crippen LogP contribution in [0.1, 0.15) is 11.4 Å². The molecule has 0 N–H and O–H groups in total. The lowest BCUT2D eigenvalue weighted by atomic mass is 10.2. The Hall–Kier alpha value is -2.86. The van der Waals surface area contributed by atoms with E-state index in [9.17, 15) is 4.79 Å². The van der Waals surface area contributed by atoms with E-state index >= 15 is 0 Å². The van der Waals surface area contributed by atoms with E-state index in [4.69, 9.17) is 0 Å². The maximum atomic E-state index is 12.5. The van der Waals surface area contributed by atoms with Crippen LogP contribution < -0.4 is 5.56 Å². The molecule has 0 aliphatic heterocycles. The number of aryl methyl sites for hydroxylation is 1. The van der Waals surface area contributed by atoms with Crippen LogP contribution in [0, 0.1) is 6.92 Å². The van der Waals surface area contributed by atoms with Gasteiger partial charge < -0.3 is 0 Å². The highest BCUT2D eigenvalue weighted by Gasteiger charge is 2.11. The molecule has 0 saturated heterocycles. The van der Waals surface area contributed by atoms with E-state index in [0.29, 0.717) is 11.1 Å². The van der Waals surface area contributed by atoms with Crippen LogP contribution in [-0.4, -0.2) is 19.1 Å². The molecule has 26 heavy (non-hydrogen) atoms. The summed E-state index contributed by atoms with van der Waals surface area (Å²) in [5, 5.41) is 1.52. The molecule has 0 aliphatic carbocycles. The van der Waals surface area contributed by atoms with Gasteiger partial charge in [-0.05, 0) is 36.8 Å². The zero-order valence-corrected chi connectivity index (χ0v) is 15.4. The van der Waals surface area contributed by atoms with Crippen molar-refractivity contribution in [3.63, 3.8) is 0 Å². The Bertz CT molecular complexity index is 1150. The topological polar surface area (TPSA) is 52.7 Å². The standard InChI is InChI=1S/C20H18N4OS/c1-14-6-5-7-15(12-14)24-11-10-21-20(24)26-13-18-22-17-9-4-3-8-16(17)19(25)23(18)2/h3-12H,13H2,1-2H3. The minimum absolute atomic E-state index is 0.0202. The summed E-state index contributed by atoms with van der Waals surface area (Å²) in [6, 6.07) is 15.7. The number of fused-ring (bicyclic) bond motifs is 1. The van der Waals surface area contributed by atoms with Gasteiger partial charge in [0, 0.05) is 25.1 Å². The van der Waals surface area contributed by atoms with E-state index < -0.39 is 0 Å². The fourth-order valence-corrected chi connectivity index (χ4v) is 3.85. The molecule has 5 nitrogen and oxygen atoms in total. The molecule has 0 bridgehead atoms. The quantitative estimate of drug-likeness (QED) is 0.519. The molecule has 4 rings (SSSR count). The van der Waals surface area contributed by atoms with E-state index in [0.717, 1.165) is 22.2 Å². The summed E-state index contributed by atoms with van der Waals surface area (Å²) in [4.78, 5) is 21.6. The second kappa shape index (κ2) is 6.80. The number of nitrogens with zero attached hydrogens (tertiary/aromatic N) is 4. The second-order valence-corrected chi connectivity index (χ2v) is 7.06. The van der Waals surface area contributed by atoms with Crippen molar-refractivity contribution < 1.29 is 0 Å². The van der Waals surface area contributed by atoms with Crippen LogP contribution in [0.25, 0.3) is 16.6 Å². The number of rotatable bonds is 4. The van der Waals surface area contributed by atoms with Gasteiger partial charge in [-0.1, -0.05) is 36.0 Å². The molecule has 0 amide bonds. The van der Waals surface area contributed by atoms with Crippen molar-refractivity contribution in [3.05, 3.63) is 82.7 Å². The summed E-state index contributed by atoms with van der Waals surface area (Å²) in [5.41, 5.74) is 2.98. The SMILES string of the molecule is Cc1cccc(-n2ccnc2SCc2nc3ccccc3c(=O)n2C)c1. The highest BCUT2D eigenvalue weighted by atomic mass is 32.2. The molecular formula is C20H18N4OS. The summed E-state index contributed by atoms with van der Waals surface area (Å²) < 4.78 is 3.67. The van der Waals surface area contributed by atoms with Gasteiger partial charge in [0.2, 0.25) is 0 Å². The molecule has 2 heterocycles. The predicted octanol–water partition coefficient (Wildman–Crippen LogP) is 3.72. The van der Waals surface area contributed by atoms with Gasteiger partial charge in [0.1, 0.15) is 5.82 Å². The molecule has 6 heteroatoms. The molecule has 0 atom stereocenters. The summed E-state index contributed by atoms with van der Waals surface area (Å²) in [7, 11) is 1.77. The van der Waals surface area contributed by atoms with Gasteiger partial charge in [0.05, 0.1) is 16.7 Å². The Labute approximate surface area is 155 Å². The van der Waals surface area contributed by atoms with Crippen LogP contribution in [0.3, 0.4) is 0 Å². The van der Waals surface area contributed by atoms with Crippen LogP contribution in [0.15, 0.2) is 70.9 Å². The molecular weight excluding hydrogens is 344 g/mol. The van der Waals surface area contributed by atoms with Gasteiger partial charge in [-0.2, -0.15) is 0 Å². The second-order valence-electron chi connectivity index (χ2n) is 6.12. The molecule has 2 aromatic carbocycles. The van der Waals surface area contributed by atoms with E-state index in [-0.39, 0.29) is 5.56 Å². The smallest absolute Gasteiger partial charge is 0.261 e. The third-order valence-corrected chi connectivity index (χ3v) is 5.26. The Morgan fingerprint density at radius 2 is 1.96 bits per heavy atom. The maximum absolute atomic E-state index is 12.5. The van der Waals surface area contributed by atoms with Crippen LogP contribution in [0.2, 0.25) is 0 Å². The van der Waals surface area contributed by atoms with E-state index in [1.807, 2.05) is 36.5 Å². The van der Waals surface area contributed by atoms with Gasteiger partial charge in [0.25, 0.3) is 5.56 Å². The van der Waals surface area contributed by atoms with Crippen LogP contribution in [-0.2, 0) is 12.8 Å². The predicted molar refractivity (Wildman–Crippen MR) is 105 cm³/mol. The summed E-state index contributed by atoms with van der Waals surface area (Å²) >= 11 is 1.57. The first-order valence-corrected chi connectivity index (χ1v) is 9.30. The van der Waals surface area contributed by atoms with E-state index in [1.165, 1.54) is 5.56 Å². The number of hydrogen-bond donors (Lipinski definition) is 0. The van der Waals surface area contributed by atoms with Crippen LogP contribution >= 0.6 is 11.8 Å². The molecule has 130 valence electrons. The van der Waals surface area contributed by atoms with Gasteiger partial charge >= 0.3 is 0 Å². The first-order chi connectivity index (χ1) is 12.6.